The number of methoxy groups -OCH3 is 1. The van der Waals surface area contributed by atoms with Gasteiger partial charge in [-0.3, -0.25) is 4.98 Å². The molecule has 1 aromatic carbocycles. The number of ether oxygens (including phenoxy) is 1. The molecule has 1 aliphatic rings. The molecule has 1 fully saturated rings. The molecule has 5 heteroatoms. The van der Waals surface area contributed by atoms with Crippen LogP contribution in [0.4, 0.5) is 5.13 Å². The highest BCUT2D eigenvalue weighted by molar-refractivity contribution is 7.22. The van der Waals surface area contributed by atoms with E-state index in [9.17, 15) is 0 Å². The van der Waals surface area contributed by atoms with Gasteiger partial charge in [0.2, 0.25) is 0 Å². The molecule has 0 radical (unpaired) electrons. The minimum absolute atomic E-state index is 0.492. The fourth-order valence-corrected chi connectivity index (χ4v) is 4.28. The Morgan fingerprint density at radius 2 is 2.17 bits per heavy atom. The van der Waals surface area contributed by atoms with Crippen molar-refractivity contribution < 1.29 is 4.74 Å². The molecule has 0 aliphatic carbocycles. The smallest absolute Gasteiger partial charge is 0.186 e. The average molecular weight is 325 g/mol. The summed E-state index contributed by atoms with van der Waals surface area (Å²) in [6.45, 7) is 4.14. The van der Waals surface area contributed by atoms with Crippen LogP contribution in [0.25, 0.3) is 10.2 Å². The lowest BCUT2D eigenvalue weighted by atomic mass is 10.0. The topological polar surface area (TPSA) is 38.2 Å². The predicted molar refractivity (Wildman–Crippen MR) is 94.7 cm³/mol. The molecule has 23 heavy (non-hydrogen) atoms. The van der Waals surface area contributed by atoms with Gasteiger partial charge >= 0.3 is 0 Å². The normalized spacial score (nSPS) is 17.8. The van der Waals surface area contributed by atoms with E-state index >= 15 is 0 Å². The van der Waals surface area contributed by atoms with Crippen molar-refractivity contribution in [1.82, 2.24) is 9.97 Å². The van der Waals surface area contributed by atoms with E-state index in [-0.39, 0.29) is 0 Å². The molecule has 4 rings (SSSR count). The highest BCUT2D eigenvalue weighted by Crippen LogP contribution is 2.39. The number of anilines is 1. The lowest BCUT2D eigenvalue weighted by Gasteiger charge is -2.14. The lowest BCUT2D eigenvalue weighted by Crippen LogP contribution is -2.19. The predicted octanol–water partition coefficient (Wildman–Crippen LogP) is 4.00. The highest BCUT2D eigenvalue weighted by Gasteiger charge is 2.27. The summed E-state index contributed by atoms with van der Waals surface area (Å²) < 4.78 is 6.69. The number of aromatic nitrogens is 2. The van der Waals surface area contributed by atoms with E-state index in [1.165, 1.54) is 16.0 Å². The van der Waals surface area contributed by atoms with Crippen LogP contribution in [-0.2, 0) is 0 Å². The van der Waals surface area contributed by atoms with Gasteiger partial charge in [0.25, 0.3) is 0 Å². The minimum atomic E-state index is 0.492. The molecule has 0 N–H and O–H groups in total. The second-order valence-corrected chi connectivity index (χ2v) is 6.92. The largest absolute Gasteiger partial charge is 0.494 e. The van der Waals surface area contributed by atoms with Gasteiger partial charge in [0.05, 0.1) is 11.8 Å². The maximum atomic E-state index is 5.46. The van der Waals surface area contributed by atoms with Crippen molar-refractivity contribution in [3.63, 3.8) is 0 Å². The number of hydrogen-bond donors (Lipinski definition) is 0. The molecule has 0 spiro atoms. The maximum absolute atomic E-state index is 5.46. The van der Waals surface area contributed by atoms with Gasteiger partial charge in [-0.15, -0.1) is 0 Å². The first-order chi connectivity index (χ1) is 11.3. The van der Waals surface area contributed by atoms with Crippen LogP contribution in [0.1, 0.15) is 23.6 Å². The summed E-state index contributed by atoms with van der Waals surface area (Å²) in [6.07, 6.45) is 3.01. The van der Waals surface area contributed by atoms with Gasteiger partial charge in [-0.2, -0.15) is 0 Å². The van der Waals surface area contributed by atoms with Crippen LogP contribution in [0.5, 0.6) is 5.75 Å². The van der Waals surface area contributed by atoms with E-state index in [0.29, 0.717) is 5.92 Å². The van der Waals surface area contributed by atoms with Gasteiger partial charge in [0.15, 0.2) is 5.13 Å². The summed E-state index contributed by atoms with van der Waals surface area (Å²) in [5, 5.41) is 1.09. The van der Waals surface area contributed by atoms with E-state index < -0.39 is 0 Å². The number of pyridine rings is 1. The summed E-state index contributed by atoms with van der Waals surface area (Å²) in [6, 6.07) is 10.3. The molecule has 1 saturated heterocycles. The van der Waals surface area contributed by atoms with E-state index in [2.05, 4.69) is 35.0 Å². The second-order valence-electron chi connectivity index (χ2n) is 5.95. The van der Waals surface area contributed by atoms with Gasteiger partial charge in [0.1, 0.15) is 11.3 Å². The van der Waals surface area contributed by atoms with Crippen LogP contribution in [0, 0.1) is 6.92 Å². The number of benzene rings is 1. The first kappa shape index (κ1) is 14.5. The molecule has 3 heterocycles. The Morgan fingerprint density at radius 1 is 1.26 bits per heavy atom. The quantitative estimate of drug-likeness (QED) is 0.729. The fourth-order valence-electron chi connectivity index (χ4n) is 3.19. The standard InChI is InChI=1S/C18H19N3OS/c1-12-6-7-15(22-2)16-17(12)23-18(20-16)21-10-8-13(11-21)14-5-3-4-9-19-14/h3-7,9,13H,8,10-11H2,1-2H3. The van der Waals surface area contributed by atoms with Crippen molar-refractivity contribution in [3.05, 3.63) is 47.8 Å². The number of fused-ring (bicyclic) bond motifs is 1. The third kappa shape index (κ3) is 2.55. The van der Waals surface area contributed by atoms with Crippen molar-refractivity contribution in [2.45, 2.75) is 19.3 Å². The van der Waals surface area contributed by atoms with Gasteiger partial charge in [-0.05, 0) is 37.1 Å². The van der Waals surface area contributed by atoms with Crippen LogP contribution in [0.15, 0.2) is 36.5 Å². The van der Waals surface area contributed by atoms with E-state index in [1.54, 1.807) is 18.4 Å². The summed E-state index contributed by atoms with van der Waals surface area (Å²) in [5.74, 6) is 1.35. The Bertz CT molecular complexity index is 831. The fraction of sp³-hybridized carbons (Fsp3) is 0.333. The Hall–Kier alpha value is -2.14. The third-order valence-corrected chi connectivity index (χ3v) is 5.73. The van der Waals surface area contributed by atoms with Crippen molar-refractivity contribution in [3.8, 4) is 5.75 Å². The van der Waals surface area contributed by atoms with Gasteiger partial charge in [-0.1, -0.05) is 23.5 Å². The molecule has 2 aromatic heterocycles. The molecular weight excluding hydrogens is 306 g/mol. The molecule has 4 nitrogen and oxygen atoms in total. The Morgan fingerprint density at radius 3 is 2.96 bits per heavy atom. The monoisotopic (exact) mass is 325 g/mol. The van der Waals surface area contributed by atoms with Crippen molar-refractivity contribution in [1.29, 1.82) is 0 Å². The zero-order valence-electron chi connectivity index (χ0n) is 13.3. The Kier molecular flexibility index (Phi) is 3.65. The summed E-state index contributed by atoms with van der Waals surface area (Å²) in [5.41, 5.74) is 3.42. The van der Waals surface area contributed by atoms with Gasteiger partial charge < -0.3 is 9.64 Å². The van der Waals surface area contributed by atoms with Crippen LogP contribution >= 0.6 is 11.3 Å². The molecule has 0 amide bonds. The first-order valence-corrected chi connectivity index (χ1v) is 8.68. The SMILES string of the molecule is COc1ccc(C)c2sc(N3CCC(c4ccccn4)C3)nc12. The molecule has 3 aromatic rings. The molecule has 1 atom stereocenters. The molecule has 1 aliphatic heterocycles. The number of rotatable bonds is 3. The molecule has 1 unspecified atom stereocenters. The number of nitrogens with zero attached hydrogens (tertiary/aromatic N) is 3. The molecular formula is C18H19N3OS. The van der Waals surface area contributed by atoms with Crippen molar-refractivity contribution in [2.75, 3.05) is 25.1 Å². The summed E-state index contributed by atoms with van der Waals surface area (Å²) in [4.78, 5) is 11.7. The van der Waals surface area contributed by atoms with E-state index in [1.807, 2.05) is 18.3 Å². The van der Waals surface area contributed by atoms with E-state index in [0.717, 1.165) is 35.9 Å². The molecule has 118 valence electrons. The van der Waals surface area contributed by atoms with Crippen LogP contribution in [0.3, 0.4) is 0 Å². The first-order valence-electron chi connectivity index (χ1n) is 7.86. The second kappa shape index (κ2) is 5.81. The Labute approximate surface area is 139 Å². The average Bonchev–Trinajstić information content (AvgIpc) is 3.23. The molecule has 0 bridgehead atoms. The van der Waals surface area contributed by atoms with Gasteiger partial charge in [0, 0.05) is 30.9 Å². The van der Waals surface area contributed by atoms with E-state index in [4.69, 9.17) is 9.72 Å². The number of hydrogen-bond acceptors (Lipinski definition) is 5. The Balaban J connectivity index is 1.64. The highest BCUT2D eigenvalue weighted by atomic mass is 32.1. The lowest BCUT2D eigenvalue weighted by molar-refractivity contribution is 0.419. The maximum Gasteiger partial charge on any atom is 0.186 e. The van der Waals surface area contributed by atoms with Crippen molar-refractivity contribution in [2.24, 2.45) is 0 Å². The van der Waals surface area contributed by atoms with Crippen LogP contribution in [0.2, 0.25) is 0 Å². The number of aryl methyl sites for hydroxylation is 1. The van der Waals surface area contributed by atoms with Crippen molar-refractivity contribution >= 4 is 26.7 Å². The third-order valence-electron chi connectivity index (χ3n) is 4.48. The zero-order chi connectivity index (χ0) is 15.8. The molecule has 0 saturated carbocycles. The minimum Gasteiger partial charge on any atom is -0.494 e. The van der Waals surface area contributed by atoms with Crippen LogP contribution in [-0.4, -0.2) is 30.2 Å². The van der Waals surface area contributed by atoms with Gasteiger partial charge in [-0.25, -0.2) is 4.98 Å². The van der Waals surface area contributed by atoms with Crippen LogP contribution < -0.4 is 9.64 Å². The summed E-state index contributed by atoms with van der Waals surface area (Å²) in [7, 11) is 1.70. The zero-order valence-corrected chi connectivity index (χ0v) is 14.1. The number of thiazole rings is 1. The summed E-state index contributed by atoms with van der Waals surface area (Å²) >= 11 is 1.76.